The number of hydrogen-bond donors (Lipinski definition) is 1. The molecule has 0 aliphatic heterocycles. The number of benzene rings is 1. The van der Waals surface area contributed by atoms with Crippen LogP contribution >= 0.6 is 11.8 Å². The van der Waals surface area contributed by atoms with Crippen molar-refractivity contribution in [1.82, 2.24) is 0 Å². The van der Waals surface area contributed by atoms with Crippen molar-refractivity contribution < 1.29 is 0 Å². The third-order valence-corrected chi connectivity index (χ3v) is 5.78. The molecule has 0 amide bonds. The van der Waals surface area contributed by atoms with E-state index in [4.69, 9.17) is 0 Å². The highest BCUT2D eigenvalue weighted by Crippen LogP contribution is 2.35. The standard InChI is InChI=1S/C17H25NS/c1-2-6-14(7-3-1)18-15-10-12-17(13-11-15)19-16-8-4-5-9-16/h10-14,16,18H,1-9H2. The van der Waals surface area contributed by atoms with Gasteiger partial charge in [0.25, 0.3) is 0 Å². The first kappa shape index (κ1) is 13.4. The summed E-state index contributed by atoms with van der Waals surface area (Å²) < 4.78 is 0. The third kappa shape index (κ3) is 3.92. The van der Waals surface area contributed by atoms with Crippen molar-refractivity contribution in [3.63, 3.8) is 0 Å². The van der Waals surface area contributed by atoms with Gasteiger partial charge in [0.15, 0.2) is 0 Å². The lowest BCUT2D eigenvalue weighted by molar-refractivity contribution is 0.463. The van der Waals surface area contributed by atoms with Crippen molar-refractivity contribution in [2.45, 2.75) is 74.0 Å². The number of rotatable bonds is 4. The zero-order valence-corrected chi connectivity index (χ0v) is 12.6. The van der Waals surface area contributed by atoms with Gasteiger partial charge in [-0.3, -0.25) is 0 Å². The van der Waals surface area contributed by atoms with Crippen LogP contribution in [0.3, 0.4) is 0 Å². The highest BCUT2D eigenvalue weighted by molar-refractivity contribution is 8.00. The minimum absolute atomic E-state index is 0.710. The van der Waals surface area contributed by atoms with Gasteiger partial charge in [-0.1, -0.05) is 32.1 Å². The predicted molar refractivity (Wildman–Crippen MR) is 85.1 cm³/mol. The Hall–Kier alpha value is -0.630. The molecule has 0 saturated heterocycles. The van der Waals surface area contributed by atoms with E-state index in [2.05, 4.69) is 41.3 Å². The van der Waals surface area contributed by atoms with E-state index < -0.39 is 0 Å². The molecule has 1 aromatic rings. The van der Waals surface area contributed by atoms with Gasteiger partial charge in [-0.2, -0.15) is 0 Å². The smallest absolute Gasteiger partial charge is 0.0343 e. The van der Waals surface area contributed by atoms with Crippen LogP contribution in [-0.4, -0.2) is 11.3 Å². The molecule has 1 N–H and O–H groups in total. The summed E-state index contributed by atoms with van der Waals surface area (Å²) >= 11 is 2.08. The Morgan fingerprint density at radius 1 is 0.789 bits per heavy atom. The molecule has 3 rings (SSSR count). The van der Waals surface area contributed by atoms with Gasteiger partial charge in [-0.25, -0.2) is 0 Å². The molecule has 0 atom stereocenters. The maximum atomic E-state index is 3.69. The minimum atomic E-state index is 0.710. The van der Waals surface area contributed by atoms with Gasteiger partial charge in [-0.05, 0) is 49.9 Å². The van der Waals surface area contributed by atoms with E-state index in [1.807, 2.05) is 0 Å². The first-order valence-corrected chi connectivity index (χ1v) is 8.81. The molecule has 0 aromatic heterocycles. The normalized spacial score (nSPS) is 21.7. The molecule has 2 aliphatic rings. The van der Waals surface area contributed by atoms with E-state index >= 15 is 0 Å². The molecule has 0 radical (unpaired) electrons. The first-order chi connectivity index (χ1) is 9.40. The summed E-state index contributed by atoms with van der Waals surface area (Å²) in [4.78, 5) is 1.45. The second kappa shape index (κ2) is 6.69. The SMILES string of the molecule is c1cc(SC2CCCC2)ccc1NC1CCCCC1. The number of anilines is 1. The number of thioether (sulfide) groups is 1. The van der Waals surface area contributed by atoms with E-state index in [0.29, 0.717) is 6.04 Å². The predicted octanol–water partition coefficient (Wildman–Crippen LogP) is 5.47. The van der Waals surface area contributed by atoms with Crippen molar-refractivity contribution in [2.75, 3.05) is 5.32 Å². The van der Waals surface area contributed by atoms with Gasteiger partial charge in [0.05, 0.1) is 0 Å². The summed E-state index contributed by atoms with van der Waals surface area (Å²) in [6.45, 7) is 0. The van der Waals surface area contributed by atoms with Crippen LogP contribution in [0.4, 0.5) is 5.69 Å². The Morgan fingerprint density at radius 2 is 1.42 bits per heavy atom. The monoisotopic (exact) mass is 275 g/mol. The van der Waals surface area contributed by atoms with Crippen molar-refractivity contribution in [3.05, 3.63) is 24.3 Å². The highest BCUT2D eigenvalue weighted by Gasteiger charge is 2.16. The molecular weight excluding hydrogens is 250 g/mol. The van der Waals surface area contributed by atoms with Crippen molar-refractivity contribution >= 4 is 17.4 Å². The largest absolute Gasteiger partial charge is 0.382 e. The molecule has 104 valence electrons. The Kier molecular flexibility index (Phi) is 4.71. The lowest BCUT2D eigenvalue weighted by Crippen LogP contribution is -2.22. The average molecular weight is 275 g/mol. The molecule has 2 heteroatoms. The molecule has 1 nitrogen and oxygen atoms in total. The first-order valence-electron chi connectivity index (χ1n) is 7.93. The zero-order chi connectivity index (χ0) is 12.9. The topological polar surface area (TPSA) is 12.0 Å². The van der Waals surface area contributed by atoms with Gasteiger partial charge < -0.3 is 5.32 Å². The van der Waals surface area contributed by atoms with Crippen LogP contribution in [0.5, 0.6) is 0 Å². The second-order valence-corrected chi connectivity index (χ2v) is 7.40. The van der Waals surface area contributed by atoms with Gasteiger partial charge in [0.1, 0.15) is 0 Å². The Morgan fingerprint density at radius 3 is 2.11 bits per heavy atom. The molecule has 0 spiro atoms. The molecule has 2 fully saturated rings. The summed E-state index contributed by atoms with van der Waals surface area (Å²) in [7, 11) is 0. The van der Waals surface area contributed by atoms with Crippen LogP contribution in [0.15, 0.2) is 29.2 Å². The molecule has 19 heavy (non-hydrogen) atoms. The van der Waals surface area contributed by atoms with Crippen LogP contribution < -0.4 is 5.32 Å². The van der Waals surface area contributed by atoms with Crippen molar-refractivity contribution in [2.24, 2.45) is 0 Å². The Labute approximate surface area is 121 Å². The van der Waals surface area contributed by atoms with E-state index in [9.17, 15) is 0 Å². The van der Waals surface area contributed by atoms with Gasteiger partial charge >= 0.3 is 0 Å². The van der Waals surface area contributed by atoms with Gasteiger partial charge in [0, 0.05) is 21.9 Å². The quantitative estimate of drug-likeness (QED) is 0.782. The highest BCUT2D eigenvalue weighted by atomic mass is 32.2. The van der Waals surface area contributed by atoms with Gasteiger partial charge in [0.2, 0.25) is 0 Å². The van der Waals surface area contributed by atoms with Crippen LogP contribution in [0, 0.1) is 0 Å². The summed E-state index contributed by atoms with van der Waals surface area (Å²) in [6.07, 6.45) is 12.6. The van der Waals surface area contributed by atoms with Crippen molar-refractivity contribution in [3.8, 4) is 0 Å². The van der Waals surface area contributed by atoms with Crippen LogP contribution in [0.2, 0.25) is 0 Å². The maximum absolute atomic E-state index is 3.69. The molecule has 1 aromatic carbocycles. The van der Waals surface area contributed by atoms with E-state index in [1.54, 1.807) is 0 Å². The molecule has 0 bridgehead atoms. The molecular formula is C17H25NS. The zero-order valence-electron chi connectivity index (χ0n) is 11.7. The summed E-state index contributed by atoms with van der Waals surface area (Å²) in [6, 6.07) is 9.85. The average Bonchev–Trinajstić information content (AvgIpc) is 2.95. The summed E-state index contributed by atoms with van der Waals surface area (Å²) in [5, 5.41) is 4.56. The van der Waals surface area contributed by atoms with Gasteiger partial charge in [-0.15, -0.1) is 11.8 Å². The van der Waals surface area contributed by atoms with E-state index in [-0.39, 0.29) is 0 Å². The molecule has 2 saturated carbocycles. The fourth-order valence-corrected chi connectivity index (χ4v) is 4.56. The fourth-order valence-electron chi connectivity index (χ4n) is 3.31. The second-order valence-electron chi connectivity index (χ2n) is 6.03. The fraction of sp³-hybridized carbons (Fsp3) is 0.647. The van der Waals surface area contributed by atoms with E-state index in [1.165, 1.54) is 68.4 Å². The van der Waals surface area contributed by atoms with E-state index in [0.717, 1.165) is 5.25 Å². The lowest BCUT2D eigenvalue weighted by Gasteiger charge is -2.24. The van der Waals surface area contributed by atoms with Crippen LogP contribution in [0.1, 0.15) is 57.8 Å². The maximum Gasteiger partial charge on any atom is 0.0343 e. The van der Waals surface area contributed by atoms with Crippen LogP contribution in [0.25, 0.3) is 0 Å². The molecule has 0 unspecified atom stereocenters. The lowest BCUT2D eigenvalue weighted by atomic mass is 9.95. The minimum Gasteiger partial charge on any atom is -0.382 e. The molecule has 0 heterocycles. The third-order valence-electron chi connectivity index (χ3n) is 4.44. The van der Waals surface area contributed by atoms with Crippen LogP contribution in [-0.2, 0) is 0 Å². The Balaban J connectivity index is 1.52. The number of hydrogen-bond acceptors (Lipinski definition) is 2. The summed E-state index contributed by atoms with van der Waals surface area (Å²) in [5.74, 6) is 0. The Bertz CT molecular complexity index is 375. The van der Waals surface area contributed by atoms with Crippen molar-refractivity contribution in [1.29, 1.82) is 0 Å². The molecule has 2 aliphatic carbocycles. The summed E-state index contributed by atoms with van der Waals surface area (Å²) in [5.41, 5.74) is 1.31. The number of nitrogens with one attached hydrogen (secondary N) is 1.